The van der Waals surface area contributed by atoms with E-state index in [1.54, 1.807) is 6.21 Å². The number of carbonyl (C=O) groups is 1. The van der Waals surface area contributed by atoms with Crippen molar-refractivity contribution in [1.29, 1.82) is 0 Å². The summed E-state index contributed by atoms with van der Waals surface area (Å²) >= 11 is 0. The molecule has 1 aliphatic rings. The number of hydrogen-bond donors (Lipinski definition) is 1. The molecular formula is C24H31N3O. The van der Waals surface area contributed by atoms with Crippen molar-refractivity contribution >= 4 is 17.8 Å². The van der Waals surface area contributed by atoms with Gasteiger partial charge in [-0.1, -0.05) is 37.3 Å². The Bertz CT molecular complexity index is 871. The Hall–Kier alpha value is -2.62. The highest BCUT2D eigenvalue weighted by Crippen LogP contribution is 2.43. The van der Waals surface area contributed by atoms with E-state index in [0.29, 0.717) is 12.3 Å². The van der Waals surface area contributed by atoms with Crippen LogP contribution in [0.1, 0.15) is 62.3 Å². The van der Waals surface area contributed by atoms with Gasteiger partial charge >= 0.3 is 0 Å². The van der Waals surface area contributed by atoms with E-state index in [0.717, 1.165) is 24.1 Å². The van der Waals surface area contributed by atoms with Gasteiger partial charge in [0, 0.05) is 17.8 Å². The van der Waals surface area contributed by atoms with Crippen molar-refractivity contribution in [2.24, 2.45) is 5.10 Å². The van der Waals surface area contributed by atoms with E-state index in [1.165, 1.54) is 16.8 Å². The number of hydrogen-bond acceptors (Lipinski definition) is 3. The second kappa shape index (κ2) is 8.17. The van der Waals surface area contributed by atoms with Crippen LogP contribution < -0.4 is 10.3 Å². The third-order valence-corrected chi connectivity index (χ3v) is 5.69. The summed E-state index contributed by atoms with van der Waals surface area (Å²) < 4.78 is 0. The van der Waals surface area contributed by atoms with E-state index < -0.39 is 0 Å². The Kier molecular flexibility index (Phi) is 5.87. The maximum Gasteiger partial charge on any atom is 0.244 e. The van der Waals surface area contributed by atoms with Gasteiger partial charge in [-0.3, -0.25) is 4.79 Å². The molecule has 1 aliphatic heterocycles. The van der Waals surface area contributed by atoms with Crippen LogP contribution in [0.2, 0.25) is 0 Å². The molecule has 0 saturated carbocycles. The van der Waals surface area contributed by atoms with E-state index in [1.807, 2.05) is 30.3 Å². The molecule has 1 N–H and O–H groups in total. The normalized spacial score (nSPS) is 18.2. The molecule has 0 radical (unpaired) electrons. The van der Waals surface area contributed by atoms with Crippen LogP contribution in [0.3, 0.4) is 0 Å². The fraction of sp³-hybridized carbons (Fsp3) is 0.417. The first kappa shape index (κ1) is 20.1. The van der Waals surface area contributed by atoms with Crippen molar-refractivity contribution in [3.05, 3.63) is 64.7 Å². The highest BCUT2D eigenvalue weighted by molar-refractivity contribution is 5.86. The molecule has 0 saturated heterocycles. The number of nitrogens with one attached hydrogen (secondary N) is 1. The lowest BCUT2D eigenvalue weighted by Crippen LogP contribution is -2.48. The second-order valence-electron chi connectivity index (χ2n) is 8.39. The molecule has 1 heterocycles. The number of nitrogens with zero attached hydrogens (tertiary/aromatic N) is 2. The number of hydrazone groups is 1. The van der Waals surface area contributed by atoms with E-state index in [9.17, 15) is 4.79 Å². The molecule has 4 heteroatoms. The van der Waals surface area contributed by atoms with Gasteiger partial charge in [-0.2, -0.15) is 5.10 Å². The molecule has 2 aromatic rings. The fourth-order valence-corrected chi connectivity index (χ4v) is 4.38. The Labute approximate surface area is 168 Å². The summed E-state index contributed by atoms with van der Waals surface area (Å²) in [6, 6.07) is 14.2. The molecule has 1 unspecified atom stereocenters. The minimum absolute atomic E-state index is 0.106. The van der Waals surface area contributed by atoms with Crippen molar-refractivity contribution in [1.82, 2.24) is 5.43 Å². The maximum absolute atomic E-state index is 12.1. The number of carbonyl (C=O) groups excluding carboxylic acids is 1. The minimum atomic E-state index is -0.106. The summed E-state index contributed by atoms with van der Waals surface area (Å²) in [4.78, 5) is 14.6. The Morgan fingerprint density at radius 1 is 1.29 bits per heavy atom. The molecule has 0 spiro atoms. The second-order valence-corrected chi connectivity index (χ2v) is 8.39. The molecule has 1 amide bonds. The highest BCUT2D eigenvalue weighted by atomic mass is 16.2. The van der Waals surface area contributed by atoms with Gasteiger partial charge in [0.2, 0.25) is 5.91 Å². The van der Waals surface area contributed by atoms with Crippen molar-refractivity contribution in [3.63, 3.8) is 0 Å². The quantitative estimate of drug-likeness (QED) is 0.601. The summed E-state index contributed by atoms with van der Waals surface area (Å²) in [5, 5.41) is 4.20. The third kappa shape index (κ3) is 4.27. The molecule has 28 heavy (non-hydrogen) atoms. The van der Waals surface area contributed by atoms with Crippen molar-refractivity contribution in [2.45, 2.75) is 58.9 Å². The lowest BCUT2D eigenvalue weighted by Gasteiger charge is -2.47. The van der Waals surface area contributed by atoms with Gasteiger partial charge in [0.15, 0.2) is 0 Å². The molecular weight excluding hydrogens is 346 g/mol. The van der Waals surface area contributed by atoms with Gasteiger partial charge in [0.25, 0.3) is 0 Å². The molecule has 2 aromatic carbocycles. The lowest BCUT2D eigenvalue weighted by molar-refractivity contribution is -0.120. The third-order valence-electron chi connectivity index (χ3n) is 5.69. The Balaban J connectivity index is 1.76. The van der Waals surface area contributed by atoms with Crippen molar-refractivity contribution in [2.75, 3.05) is 11.4 Å². The van der Waals surface area contributed by atoms with Gasteiger partial charge in [-0.25, -0.2) is 5.43 Å². The number of rotatable bonds is 5. The predicted octanol–water partition coefficient (Wildman–Crippen LogP) is 4.80. The van der Waals surface area contributed by atoms with E-state index >= 15 is 0 Å². The molecule has 0 aliphatic carbocycles. The van der Waals surface area contributed by atoms with Crippen LogP contribution >= 0.6 is 0 Å². The first-order chi connectivity index (χ1) is 13.3. The SMILES string of the molecule is CCN1c2cc(C)c(/C=N/NC(=O)Cc3ccccc3)cc2C(C)CC1(C)C. The average molecular weight is 378 g/mol. The molecule has 1 atom stereocenters. The van der Waals surface area contributed by atoms with Crippen LogP contribution in [0.4, 0.5) is 5.69 Å². The van der Waals surface area contributed by atoms with Crippen molar-refractivity contribution < 1.29 is 4.79 Å². The predicted molar refractivity (Wildman–Crippen MR) is 117 cm³/mol. The van der Waals surface area contributed by atoms with Gasteiger partial charge in [-0.15, -0.1) is 0 Å². The van der Waals surface area contributed by atoms with Crippen LogP contribution in [0.25, 0.3) is 0 Å². The summed E-state index contributed by atoms with van der Waals surface area (Å²) in [5.74, 6) is 0.388. The van der Waals surface area contributed by atoms with Crippen LogP contribution in [0, 0.1) is 6.92 Å². The van der Waals surface area contributed by atoms with Crippen molar-refractivity contribution in [3.8, 4) is 0 Å². The number of benzene rings is 2. The molecule has 0 bridgehead atoms. The zero-order chi connectivity index (χ0) is 20.3. The smallest absolute Gasteiger partial charge is 0.244 e. The first-order valence-electron chi connectivity index (χ1n) is 10.1. The zero-order valence-corrected chi connectivity index (χ0v) is 17.6. The standard InChI is InChI=1S/C24H31N3O/c1-6-27-22-12-17(2)20(14-21(22)18(3)15-24(27,4)5)16-25-26-23(28)13-19-10-8-7-9-11-19/h7-12,14,16,18H,6,13,15H2,1-5H3,(H,26,28)/b25-16+. The monoisotopic (exact) mass is 377 g/mol. The zero-order valence-electron chi connectivity index (χ0n) is 17.6. The maximum atomic E-state index is 12.1. The summed E-state index contributed by atoms with van der Waals surface area (Å²) in [7, 11) is 0. The van der Waals surface area contributed by atoms with Crippen LogP contribution in [0.15, 0.2) is 47.6 Å². The van der Waals surface area contributed by atoms with Gasteiger partial charge in [0.05, 0.1) is 12.6 Å². The largest absolute Gasteiger partial charge is 0.366 e. The summed E-state index contributed by atoms with van der Waals surface area (Å²) in [6.07, 6.45) is 3.22. The fourth-order valence-electron chi connectivity index (χ4n) is 4.38. The number of amides is 1. The minimum Gasteiger partial charge on any atom is -0.366 e. The molecule has 4 nitrogen and oxygen atoms in total. The van der Waals surface area contributed by atoms with Crippen LogP contribution in [-0.2, 0) is 11.2 Å². The average Bonchev–Trinajstić information content (AvgIpc) is 2.63. The molecule has 0 aromatic heterocycles. The topological polar surface area (TPSA) is 44.7 Å². The lowest BCUT2D eigenvalue weighted by atomic mass is 9.79. The Morgan fingerprint density at radius 3 is 2.68 bits per heavy atom. The number of aryl methyl sites for hydroxylation is 1. The van der Waals surface area contributed by atoms with Crippen LogP contribution in [0.5, 0.6) is 0 Å². The van der Waals surface area contributed by atoms with Gasteiger partial charge in [0.1, 0.15) is 0 Å². The Morgan fingerprint density at radius 2 is 2.00 bits per heavy atom. The molecule has 3 rings (SSSR count). The number of fused-ring (bicyclic) bond motifs is 1. The van der Waals surface area contributed by atoms with E-state index in [4.69, 9.17) is 0 Å². The first-order valence-corrected chi connectivity index (χ1v) is 10.1. The summed E-state index contributed by atoms with van der Waals surface area (Å²) in [5.41, 5.74) is 8.71. The van der Waals surface area contributed by atoms with E-state index in [2.05, 4.69) is 62.2 Å². The highest BCUT2D eigenvalue weighted by Gasteiger charge is 2.35. The molecule has 0 fully saturated rings. The van der Waals surface area contributed by atoms with Gasteiger partial charge < -0.3 is 4.90 Å². The van der Waals surface area contributed by atoms with Crippen LogP contribution in [-0.4, -0.2) is 24.2 Å². The van der Waals surface area contributed by atoms with Gasteiger partial charge in [-0.05, 0) is 74.4 Å². The number of anilines is 1. The summed E-state index contributed by atoms with van der Waals surface area (Å²) in [6.45, 7) is 12.3. The molecule has 148 valence electrons. The van der Waals surface area contributed by atoms with E-state index in [-0.39, 0.29) is 11.4 Å².